The van der Waals surface area contributed by atoms with Gasteiger partial charge in [-0.05, 0) is 31.5 Å². The van der Waals surface area contributed by atoms with Gasteiger partial charge in [-0.1, -0.05) is 11.8 Å². The van der Waals surface area contributed by atoms with E-state index in [1.54, 1.807) is 0 Å². The van der Waals surface area contributed by atoms with Crippen LogP contribution in [-0.2, 0) is 10.3 Å². The first-order chi connectivity index (χ1) is 11.4. The Bertz CT molecular complexity index is 854. The Morgan fingerprint density at radius 3 is 2.88 bits per heavy atom. The monoisotopic (exact) mass is 350 g/mol. The Morgan fingerprint density at radius 1 is 1.42 bits per heavy atom. The second-order valence-corrected chi connectivity index (χ2v) is 7.61. The van der Waals surface area contributed by atoms with Gasteiger partial charge in [0.1, 0.15) is 23.8 Å². The first-order valence-electron chi connectivity index (χ1n) is 7.49. The number of halogens is 2. The lowest BCUT2D eigenvalue weighted by molar-refractivity contribution is 0.259. The van der Waals surface area contributed by atoms with Crippen molar-refractivity contribution in [3.63, 3.8) is 0 Å². The summed E-state index contributed by atoms with van der Waals surface area (Å²) in [6, 6.07) is 4.12. The summed E-state index contributed by atoms with van der Waals surface area (Å²) in [5, 5.41) is 0.207. The van der Waals surface area contributed by atoms with Gasteiger partial charge >= 0.3 is 0 Å². The number of alkyl halides is 1. The normalized spacial score (nSPS) is 31.5. The van der Waals surface area contributed by atoms with E-state index in [2.05, 4.69) is 9.98 Å². The summed E-state index contributed by atoms with van der Waals surface area (Å²) < 4.78 is 33.7. The zero-order chi connectivity index (χ0) is 17.1. The van der Waals surface area contributed by atoms with Crippen LogP contribution in [0.25, 0.3) is 0 Å². The molecule has 0 unspecified atom stereocenters. The van der Waals surface area contributed by atoms with Crippen molar-refractivity contribution in [2.75, 3.05) is 12.4 Å². The minimum Gasteiger partial charge on any atom is -0.447 e. The second-order valence-electron chi connectivity index (χ2n) is 6.26. The highest BCUT2D eigenvalue weighted by molar-refractivity contribution is 8.14. The highest BCUT2D eigenvalue weighted by Crippen LogP contribution is 2.71. The molecule has 24 heavy (non-hydrogen) atoms. The van der Waals surface area contributed by atoms with Gasteiger partial charge in [-0.25, -0.2) is 18.8 Å². The maximum absolute atomic E-state index is 14.5. The van der Waals surface area contributed by atoms with Gasteiger partial charge in [0.25, 0.3) is 0 Å². The molecule has 0 bridgehead atoms. The summed E-state index contributed by atoms with van der Waals surface area (Å²) in [7, 11) is 0. The standard InChI is InChI=1S/C16H16F2N4OS/c1-8-13(23-7-21-8)16-5-12(16)15(6-17,22-14(20)24-16)10-4-9(19)2-3-11(10)18/h2-4,7,12H,5-6,19H2,1H3,(H2,20,22)/t12-,15+,16-/m0/s1. The molecule has 8 heteroatoms. The van der Waals surface area contributed by atoms with Crippen LogP contribution in [0.4, 0.5) is 14.5 Å². The first-order valence-corrected chi connectivity index (χ1v) is 8.31. The van der Waals surface area contributed by atoms with Gasteiger partial charge in [-0.3, -0.25) is 0 Å². The number of aliphatic imine (C=N–C) groups is 1. The largest absolute Gasteiger partial charge is 0.447 e. The Morgan fingerprint density at radius 2 is 2.21 bits per heavy atom. The third-order valence-electron chi connectivity index (χ3n) is 4.87. The fraction of sp³-hybridized carbons (Fsp3) is 0.375. The van der Waals surface area contributed by atoms with Crippen LogP contribution in [0.1, 0.15) is 23.4 Å². The number of nitrogens with zero attached hydrogens (tertiary/aromatic N) is 2. The van der Waals surface area contributed by atoms with Crippen LogP contribution in [0, 0.1) is 18.7 Å². The molecular weight excluding hydrogens is 334 g/mol. The average molecular weight is 350 g/mol. The molecule has 1 aromatic heterocycles. The number of fused-ring (bicyclic) bond motifs is 1. The topological polar surface area (TPSA) is 90.4 Å². The van der Waals surface area contributed by atoms with Crippen LogP contribution in [0.2, 0.25) is 0 Å². The Labute approximate surface area is 141 Å². The van der Waals surface area contributed by atoms with Crippen LogP contribution in [0.3, 0.4) is 0 Å². The lowest BCUT2D eigenvalue weighted by Gasteiger charge is -2.34. The maximum atomic E-state index is 14.5. The van der Waals surface area contributed by atoms with E-state index in [-0.39, 0.29) is 16.6 Å². The predicted octanol–water partition coefficient (Wildman–Crippen LogP) is 2.85. The Balaban J connectivity index is 1.89. The number of hydrogen-bond donors (Lipinski definition) is 2. The van der Waals surface area contributed by atoms with Crippen molar-refractivity contribution in [1.29, 1.82) is 0 Å². The number of aromatic nitrogens is 1. The van der Waals surface area contributed by atoms with Gasteiger partial charge < -0.3 is 15.9 Å². The van der Waals surface area contributed by atoms with Gasteiger partial charge in [-0.15, -0.1) is 0 Å². The van der Waals surface area contributed by atoms with E-state index >= 15 is 0 Å². The van der Waals surface area contributed by atoms with Crippen molar-refractivity contribution in [2.24, 2.45) is 16.6 Å². The summed E-state index contributed by atoms with van der Waals surface area (Å²) in [5.74, 6) is -0.173. The fourth-order valence-electron chi connectivity index (χ4n) is 3.72. The number of aryl methyl sites for hydroxylation is 1. The fourth-order valence-corrected chi connectivity index (χ4v) is 5.18. The highest BCUT2D eigenvalue weighted by Gasteiger charge is 2.71. The van der Waals surface area contributed by atoms with Gasteiger partial charge in [0.2, 0.25) is 0 Å². The number of benzene rings is 1. The molecule has 2 aromatic rings. The molecule has 2 heterocycles. The number of nitrogens with two attached hydrogens (primary N) is 2. The van der Waals surface area contributed by atoms with Crippen LogP contribution >= 0.6 is 11.8 Å². The van der Waals surface area contributed by atoms with E-state index in [1.807, 2.05) is 6.92 Å². The molecule has 1 aromatic carbocycles. The molecule has 2 aliphatic rings. The first kappa shape index (κ1) is 15.4. The zero-order valence-electron chi connectivity index (χ0n) is 12.9. The molecule has 1 saturated carbocycles. The summed E-state index contributed by atoms with van der Waals surface area (Å²) in [5.41, 5.74) is 11.6. The van der Waals surface area contributed by atoms with Crippen LogP contribution in [0.15, 0.2) is 34.0 Å². The molecular formula is C16H16F2N4OS. The molecule has 3 atom stereocenters. The van der Waals surface area contributed by atoms with Gasteiger partial charge in [0.15, 0.2) is 11.6 Å². The molecule has 5 nitrogen and oxygen atoms in total. The number of hydrogen-bond acceptors (Lipinski definition) is 6. The molecule has 4 N–H and O–H groups in total. The van der Waals surface area contributed by atoms with Crippen LogP contribution < -0.4 is 11.5 Å². The molecule has 1 aliphatic heterocycles. The zero-order valence-corrected chi connectivity index (χ0v) is 13.7. The molecule has 0 saturated heterocycles. The highest BCUT2D eigenvalue weighted by atomic mass is 32.2. The smallest absolute Gasteiger partial charge is 0.181 e. The predicted molar refractivity (Wildman–Crippen MR) is 88.7 cm³/mol. The van der Waals surface area contributed by atoms with Crippen molar-refractivity contribution in [2.45, 2.75) is 23.6 Å². The second kappa shape index (κ2) is 4.95. The molecule has 4 rings (SSSR count). The quantitative estimate of drug-likeness (QED) is 0.831. The number of rotatable bonds is 3. The number of nitrogen functional groups attached to an aromatic ring is 1. The molecule has 0 amide bonds. The van der Waals surface area contributed by atoms with Crippen LogP contribution in [0.5, 0.6) is 0 Å². The summed E-state index contributed by atoms with van der Waals surface area (Å²) >= 11 is 1.33. The van der Waals surface area contributed by atoms with Gasteiger partial charge in [0.05, 0.1) is 10.4 Å². The number of amidine groups is 1. The summed E-state index contributed by atoms with van der Waals surface area (Å²) in [6.45, 7) is 0.956. The third kappa shape index (κ3) is 1.92. The Hall–Kier alpha value is -2.09. The van der Waals surface area contributed by atoms with E-state index in [9.17, 15) is 8.78 Å². The van der Waals surface area contributed by atoms with E-state index in [0.29, 0.717) is 17.9 Å². The van der Waals surface area contributed by atoms with Crippen LogP contribution in [-0.4, -0.2) is 16.8 Å². The minimum absolute atomic E-state index is 0.136. The molecule has 1 aliphatic carbocycles. The van der Waals surface area contributed by atoms with E-state index < -0.39 is 22.8 Å². The summed E-state index contributed by atoms with van der Waals surface area (Å²) in [6.07, 6.45) is 1.94. The minimum atomic E-state index is -1.39. The van der Waals surface area contributed by atoms with Crippen molar-refractivity contribution >= 4 is 22.6 Å². The Kier molecular flexibility index (Phi) is 3.19. The molecule has 126 valence electrons. The lowest BCUT2D eigenvalue weighted by atomic mass is 9.84. The SMILES string of the molecule is Cc1ncoc1[C@]12C[C@H]1[C@@](CF)(c1cc(N)ccc1F)N=C(N)S2. The van der Waals surface area contributed by atoms with Gasteiger partial charge in [-0.2, -0.15) is 0 Å². The van der Waals surface area contributed by atoms with Gasteiger partial charge in [0, 0.05) is 17.2 Å². The number of oxazole rings is 1. The van der Waals surface area contributed by atoms with Crippen molar-refractivity contribution in [3.05, 3.63) is 47.4 Å². The maximum Gasteiger partial charge on any atom is 0.181 e. The van der Waals surface area contributed by atoms with E-state index in [0.717, 1.165) is 5.69 Å². The van der Waals surface area contributed by atoms with Crippen molar-refractivity contribution in [3.8, 4) is 0 Å². The lowest BCUT2D eigenvalue weighted by Crippen LogP contribution is -2.39. The molecule has 0 spiro atoms. The van der Waals surface area contributed by atoms with E-state index in [4.69, 9.17) is 15.9 Å². The number of anilines is 1. The molecule has 1 fully saturated rings. The van der Waals surface area contributed by atoms with Crippen molar-refractivity contribution < 1.29 is 13.2 Å². The number of thioether (sulfide) groups is 1. The third-order valence-corrected chi connectivity index (χ3v) is 6.17. The average Bonchev–Trinajstić information content (AvgIpc) is 3.13. The summed E-state index contributed by atoms with van der Waals surface area (Å²) in [4.78, 5) is 8.45. The molecule has 0 radical (unpaired) electrons. The van der Waals surface area contributed by atoms with E-state index in [1.165, 1.54) is 36.4 Å². The van der Waals surface area contributed by atoms with Crippen molar-refractivity contribution in [1.82, 2.24) is 4.98 Å².